The van der Waals surface area contributed by atoms with E-state index in [9.17, 15) is 9.59 Å². The molecule has 0 spiro atoms. The van der Waals surface area contributed by atoms with Crippen molar-refractivity contribution in [1.82, 2.24) is 4.98 Å². The number of methoxy groups -OCH3 is 1. The van der Waals surface area contributed by atoms with Crippen LogP contribution in [0.1, 0.15) is 29.8 Å². The molecular weight excluding hydrogens is 182 g/mol. The summed E-state index contributed by atoms with van der Waals surface area (Å²) >= 11 is 0. The molecule has 0 atom stereocenters. The molecule has 1 N–H and O–H groups in total. The molecule has 0 aromatic carbocycles. The number of hydrogen-bond acceptors (Lipinski definition) is 3. The minimum atomic E-state index is -0.611. The van der Waals surface area contributed by atoms with Crippen LogP contribution in [0.15, 0.2) is 17.2 Å². The number of rotatable bonds is 1. The van der Waals surface area contributed by atoms with Crippen molar-refractivity contribution < 1.29 is 9.53 Å². The van der Waals surface area contributed by atoms with Crippen LogP contribution in [0.5, 0.6) is 0 Å². The third-order valence-electron chi connectivity index (χ3n) is 1.54. The van der Waals surface area contributed by atoms with Crippen molar-refractivity contribution in [3.05, 3.63) is 33.7 Å². The van der Waals surface area contributed by atoms with Crippen molar-refractivity contribution in [2.45, 2.75) is 20.8 Å². The van der Waals surface area contributed by atoms with Crippen molar-refractivity contribution in [3.63, 3.8) is 0 Å². The van der Waals surface area contributed by atoms with Crippen LogP contribution in [0.25, 0.3) is 0 Å². The highest BCUT2D eigenvalue weighted by atomic mass is 16.5. The maximum Gasteiger partial charge on any atom is 0.343 e. The van der Waals surface area contributed by atoms with Crippen molar-refractivity contribution in [3.8, 4) is 0 Å². The lowest BCUT2D eigenvalue weighted by atomic mass is 10.2. The lowest BCUT2D eigenvalue weighted by molar-refractivity contribution is 0.0598. The number of esters is 1. The molecule has 0 saturated heterocycles. The second-order valence-electron chi connectivity index (χ2n) is 2.37. The summed E-state index contributed by atoms with van der Waals surface area (Å²) in [5.41, 5.74) is 0.246. The molecule has 78 valence electrons. The van der Waals surface area contributed by atoms with Gasteiger partial charge in [0.25, 0.3) is 0 Å². The van der Waals surface area contributed by atoms with E-state index in [1.807, 2.05) is 13.8 Å². The molecule has 4 nitrogen and oxygen atoms in total. The zero-order valence-corrected chi connectivity index (χ0v) is 8.88. The summed E-state index contributed by atoms with van der Waals surface area (Å²) in [5, 5.41) is 0. The van der Waals surface area contributed by atoms with Gasteiger partial charge in [-0.15, -0.1) is 0 Å². The van der Waals surface area contributed by atoms with Gasteiger partial charge in [-0.3, -0.25) is 4.79 Å². The Hall–Kier alpha value is -1.58. The Kier molecular flexibility index (Phi) is 5.29. The number of aryl methyl sites for hydroxylation is 1. The van der Waals surface area contributed by atoms with E-state index in [4.69, 9.17) is 0 Å². The van der Waals surface area contributed by atoms with Crippen molar-refractivity contribution in [2.75, 3.05) is 7.11 Å². The molecule has 0 unspecified atom stereocenters. The number of ether oxygens (including phenoxy) is 1. The molecular formula is C10H15NO3. The number of aromatic amines is 1. The quantitative estimate of drug-likeness (QED) is 0.694. The molecule has 4 heteroatoms. The van der Waals surface area contributed by atoms with Crippen molar-refractivity contribution in [2.24, 2.45) is 0 Å². The van der Waals surface area contributed by atoms with Gasteiger partial charge in [-0.1, -0.05) is 13.8 Å². The first-order chi connectivity index (χ1) is 6.66. The van der Waals surface area contributed by atoms with Gasteiger partial charge in [0.15, 0.2) is 5.43 Å². The molecule has 0 amide bonds. The highest BCUT2D eigenvalue weighted by molar-refractivity contribution is 5.88. The molecule has 0 saturated carbocycles. The Morgan fingerprint density at radius 1 is 1.36 bits per heavy atom. The molecule has 1 aromatic rings. The summed E-state index contributed by atoms with van der Waals surface area (Å²) in [6.45, 7) is 5.63. The van der Waals surface area contributed by atoms with Gasteiger partial charge < -0.3 is 9.72 Å². The molecule has 0 aliphatic rings. The number of nitrogens with one attached hydrogen (secondary N) is 1. The second kappa shape index (κ2) is 5.96. The summed E-state index contributed by atoms with van der Waals surface area (Å²) < 4.78 is 4.41. The SMILES string of the molecule is CC.COC(=O)c1c[nH]cc(C)c1=O. The zero-order chi connectivity index (χ0) is 11.1. The summed E-state index contributed by atoms with van der Waals surface area (Å²) in [6.07, 6.45) is 2.87. The largest absolute Gasteiger partial charge is 0.465 e. The van der Waals surface area contributed by atoms with E-state index in [1.54, 1.807) is 6.92 Å². The predicted octanol–water partition coefficient (Wildman–Crippen LogP) is 1.50. The molecule has 0 bridgehead atoms. The van der Waals surface area contributed by atoms with Crippen molar-refractivity contribution in [1.29, 1.82) is 0 Å². The normalized spacial score (nSPS) is 8.57. The highest BCUT2D eigenvalue weighted by Gasteiger charge is 2.10. The average molecular weight is 197 g/mol. The lowest BCUT2D eigenvalue weighted by Gasteiger charge is -1.97. The summed E-state index contributed by atoms with van der Waals surface area (Å²) in [7, 11) is 1.24. The summed E-state index contributed by atoms with van der Waals surface area (Å²) in [6, 6.07) is 0. The van der Waals surface area contributed by atoms with Gasteiger partial charge in [0.2, 0.25) is 0 Å². The first-order valence-corrected chi connectivity index (χ1v) is 4.43. The fourth-order valence-electron chi connectivity index (χ4n) is 0.855. The van der Waals surface area contributed by atoms with Crippen LogP contribution in [0, 0.1) is 6.92 Å². The fourth-order valence-corrected chi connectivity index (χ4v) is 0.855. The van der Waals surface area contributed by atoms with E-state index < -0.39 is 5.97 Å². The van der Waals surface area contributed by atoms with Gasteiger partial charge in [0.05, 0.1) is 7.11 Å². The van der Waals surface area contributed by atoms with Gasteiger partial charge >= 0.3 is 5.97 Å². The van der Waals surface area contributed by atoms with Crippen LogP contribution in [0.3, 0.4) is 0 Å². The van der Waals surface area contributed by atoms with Crippen LogP contribution in [-0.4, -0.2) is 18.1 Å². The molecule has 0 aliphatic heterocycles. The number of pyridine rings is 1. The number of aromatic nitrogens is 1. The third-order valence-corrected chi connectivity index (χ3v) is 1.54. The molecule has 1 heterocycles. The first kappa shape index (κ1) is 12.4. The van der Waals surface area contributed by atoms with E-state index in [0.717, 1.165) is 0 Å². The van der Waals surface area contributed by atoms with E-state index in [0.29, 0.717) is 5.56 Å². The highest BCUT2D eigenvalue weighted by Crippen LogP contribution is 1.93. The fraction of sp³-hybridized carbons (Fsp3) is 0.400. The zero-order valence-electron chi connectivity index (χ0n) is 8.88. The number of H-pyrrole nitrogens is 1. The van der Waals surface area contributed by atoms with E-state index in [2.05, 4.69) is 9.72 Å². The Morgan fingerprint density at radius 2 is 1.93 bits per heavy atom. The maximum atomic E-state index is 11.2. The third kappa shape index (κ3) is 2.73. The number of carbonyl (C=O) groups excluding carboxylic acids is 1. The smallest absolute Gasteiger partial charge is 0.343 e. The summed E-state index contributed by atoms with van der Waals surface area (Å²) in [4.78, 5) is 24.9. The van der Waals surface area contributed by atoms with E-state index >= 15 is 0 Å². The molecule has 1 aromatic heterocycles. The monoisotopic (exact) mass is 197 g/mol. The minimum Gasteiger partial charge on any atom is -0.465 e. The van der Waals surface area contributed by atoms with Gasteiger partial charge in [-0.25, -0.2) is 4.79 Å². The Labute approximate surface area is 82.9 Å². The van der Waals surface area contributed by atoms with E-state index in [-0.39, 0.29) is 11.0 Å². The predicted molar refractivity (Wildman–Crippen MR) is 54.5 cm³/mol. The Morgan fingerprint density at radius 3 is 2.43 bits per heavy atom. The van der Waals surface area contributed by atoms with Crippen LogP contribution < -0.4 is 5.43 Å². The number of carbonyl (C=O) groups is 1. The van der Waals surface area contributed by atoms with E-state index in [1.165, 1.54) is 19.5 Å². The minimum absolute atomic E-state index is 0.0394. The molecule has 1 rings (SSSR count). The van der Waals surface area contributed by atoms with Crippen LogP contribution in [-0.2, 0) is 4.74 Å². The Bertz CT molecular complexity index is 355. The molecule has 0 fully saturated rings. The second-order valence-corrected chi connectivity index (χ2v) is 2.37. The Balaban J connectivity index is 0.000000791. The van der Waals surface area contributed by atoms with Crippen LogP contribution in [0.2, 0.25) is 0 Å². The van der Waals surface area contributed by atoms with Gasteiger partial charge in [-0.05, 0) is 6.92 Å². The number of hydrogen-bond donors (Lipinski definition) is 1. The molecule has 0 aliphatic carbocycles. The van der Waals surface area contributed by atoms with Gasteiger partial charge in [-0.2, -0.15) is 0 Å². The van der Waals surface area contributed by atoms with Crippen LogP contribution in [0.4, 0.5) is 0 Å². The first-order valence-electron chi connectivity index (χ1n) is 4.43. The van der Waals surface area contributed by atoms with Crippen LogP contribution >= 0.6 is 0 Å². The maximum absolute atomic E-state index is 11.2. The average Bonchev–Trinajstić information content (AvgIpc) is 2.24. The van der Waals surface area contributed by atoms with Crippen molar-refractivity contribution >= 4 is 5.97 Å². The topological polar surface area (TPSA) is 59.2 Å². The molecule has 0 radical (unpaired) electrons. The summed E-state index contributed by atoms with van der Waals surface area (Å²) in [5.74, 6) is -0.611. The standard InChI is InChI=1S/C8H9NO3.C2H6/c1-5-3-9-4-6(7(5)10)8(11)12-2;1-2/h3-4H,1-2H3,(H,9,10);1-2H3. The van der Waals surface area contributed by atoms with Gasteiger partial charge in [0.1, 0.15) is 5.56 Å². The van der Waals surface area contributed by atoms with Gasteiger partial charge in [0, 0.05) is 18.0 Å². The lowest BCUT2D eigenvalue weighted by Crippen LogP contribution is -2.18. The molecule has 14 heavy (non-hydrogen) atoms.